The van der Waals surface area contributed by atoms with E-state index in [1.165, 1.54) is 6.20 Å². The van der Waals surface area contributed by atoms with E-state index in [1.807, 2.05) is 0 Å². The Morgan fingerprint density at radius 3 is 2.38 bits per heavy atom. The Bertz CT molecular complexity index is 825. The molecule has 0 aliphatic carbocycles. The molecule has 0 atom stereocenters. The molecular formula is C16H13BrClF3N4O. The summed E-state index contributed by atoms with van der Waals surface area (Å²) in [5.74, 6) is 0.140. The molecule has 0 bridgehead atoms. The number of pyridine rings is 2. The van der Waals surface area contributed by atoms with Gasteiger partial charge in [-0.3, -0.25) is 9.78 Å². The van der Waals surface area contributed by atoms with E-state index >= 15 is 0 Å². The Labute approximate surface area is 160 Å². The number of alkyl halides is 3. The van der Waals surface area contributed by atoms with Crippen molar-refractivity contribution >= 4 is 39.3 Å². The summed E-state index contributed by atoms with van der Waals surface area (Å²) in [4.78, 5) is 23.8. The highest BCUT2D eigenvalue weighted by molar-refractivity contribution is 9.10. The minimum Gasteiger partial charge on any atom is -0.352 e. The molecule has 26 heavy (non-hydrogen) atoms. The van der Waals surface area contributed by atoms with E-state index in [9.17, 15) is 18.0 Å². The normalized spacial score (nSPS) is 15.3. The van der Waals surface area contributed by atoms with Crippen LogP contribution in [0, 0.1) is 0 Å². The van der Waals surface area contributed by atoms with Crippen molar-refractivity contribution in [2.45, 2.75) is 6.18 Å². The molecule has 0 aromatic carbocycles. The number of carbonyl (C=O) groups excluding carboxylic acids is 1. The van der Waals surface area contributed by atoms with Gasteiger partial charge in [0.2, 0.25) is 0 Å². The number of carbonyl (C=O) groups is 1. The van der Waals surface area contributed by atoms with E-state index in [0.29, 0.717) is 36.2 Å². The maximum absolute atomic E-state index is 12.7. The van der Waals surface area contributed by atoms with Gasteiger partial charge in [0.25, 0.3) is 5.91 Å². The molecule has 0 unspecified atom stereocenters. The summed E-state index contributed by atoms with van der Waals surface area (Å²) in [6, 6.07) is 2.56. The zero-order valence-corrected chi connectivity index (χ0v) is 15.6. The predicted molar refractivity (Wildman–Crippen MR) is 94.3 cm³/mol. The van der Waals surface area contributed by atoms with Gasteiger partial charge in [-0.1, -0.05) is 11.6 Å². The highest BCUT2D eigenvalue weighted by atomic mass is 79.9. The van der Waals surface area contributed by atoms with E-state index in [4.69, 9.17) is 11.6 Å². The Hall–Kier alpha value is -1.87. The first kappa shape index (κ1) is 18.9. The van der Waals surface area contributed by atoms with Gasteiger partial charge in [0.1, 0.15) is 5.82 Å². The second kappa shape index (κ2) is 7.40. The second-order valence-electron chi connectivity index (χ2n) is 5.70. The first-order valence-corrected chi connectivity index (χ1v) is 8.80. The van der Waals surface area contributed by atoms with Crippen molar-refractivity contribution in [2.75, 3.05) is 31.1 Å². The number of halogens is 5. The lowest BCUT2D eigenvalue weighted by atomic mass is 10.2. The lowest BCUT2D eigenvalue weighted by molar-refractivity contribution is -0.137. The lowest BCUT2D eigenvalue weighted by Crippen LogP contribution is -2.49. The fraction of sp³-hybridized carbons (Fsp3) is 0.312. The maximum atomic E-state index is 12.7. The topological polar surface area (TPSA) is 49.3 Å². The van der Waals surface area contributed by atoms with Gasteiger partial charge in [0.05, 0.1) is 16.1 Å². The quantitative estimate of drug-likeness (QED) is 0.698. The van der Waals surface area contributed by atoms with E-state index in [0.717, 1.165) is 12.3 Å². The molecule has 0 N–H and O–H groups in total. The molecule has 2 aromatic heterocycles. The third kappa shape index (κ3) is 4.09. The SMILES string of the molecule is O=C(c1cncc(Br)c1)N1CCN(c2ncc(C(F)(F)F)cc2Cl)CC1. The smallest absolute Gasteiger partial charge is 0.352 e. The fourth-order valence-corrected chi connectivity index (χ4v) is 3.30. The van der Waals surface area contributed by atoms with Gasteiger partial charge in [0, 0.05) is 49.2 Å². The Kier molecular flexibility index (Phi) is 5.38. The van der Waals surface area contributed by atoms with Gasteiger partial charge in [-0.05, 0) is 28.1 Å². The van der Waals surface area contributed by atoms with Gasteiger partial charge in [-0.15, -0.1) is 0 Å². The average molecular weight is 450 g/mol. The van der Waals surface area contributed by atoms with Crippen LogP contribution >= 0.6 is 27.5 Å². The summed E-state index contributed by atoms with van der Waals surface area (Å²) in [6.07, 6.45) is -0.634. The zero-order chi connectivity index (χ0) is 18.9. The van der Waals surface area contributed by atoms with Gasteiger partial charge in [0.15, 0.2) is 0 Å². The van der Waals surface area contributed by atoms with Crippen LogP contribution in [0.1, 0.15) is 15.9 Å². The first-order valence-electron chi connectivity index (χ1n) is 7.63. The number of aromatic nitrogens is 2. The Morgan fingerprint density at radius 2 is 1.81 bits per heavy atom. The molecule has 3 rings (SSSR count). The predicted octanol–water partition coefficient (Wildman–Crippen LogP) is 3.87. The number of hydrogen-bond acceptors (Lipinski definition) is 4. The van der Waals surface area contributed by atoms with E-state index < -0.39 is 11.7 Å². The summed E-state index contributed by atoms with van der Waals surface area (Å²) in [7, 11) is 0. The molecule has 1 fully saturated rings. The highest BCUT2D eigenvalue weighted by Crippen LogP contribution is 2.33. The van der Waals surface area contributed by atoms with Gasteiger partial charge in [-0.25, -0.2) is 4.98 Å². The van der Waals surface area contributed by atoms with Crippen molar-refractivity contribution < 1.29 is 18.0 Å². The summed E-state index contributed by atoms with van der Waals surface area (Å²) in [5, 5.41) is -0.0595. The average Bonchev–Trinajstić information content (AvgIpc) is 2.60. The van der Waals surface area contributed by atoms with Crippen molar-refractivity contribution in [3.05, 3.63) is 51.3 Å². The molecule has 2 aromatic rings. The summed E-state index contributed by atoms with van der Waals surface area (Å²) in [5.41, 5.74) is -0.416. The molecule has 10 heteroatoms. The van der Waals surface area contributed by atoms with Crippen LogP contribution in [0.25, 0.3) is 0 Å². The fourth-order valence-electron chi connectivity index (χ4n) is 2.65. The summed E-state index contributed by atoms with van der Waals surface area (Å²) >= 11 is 9.26. The first-order chi connectivity index (χ1) is 12.3. The van der Waals surface area contributed by atoms with Crippen molar-refractivity contribution in [2.24, 2.45) is 0 Å². The molecule has 0 saturated carbocycles. The van der Waals surface area contributed by atoms with Crippen LogP contribution in [0.3, 0.4) is 0 Å². The number of rotatable bonds is 2. The standard InChI is InChI=1S/C16H13BrClF3N4O/c17-12-5-10(7-22-9-12)15(26)25-3-1-24(2-4-25)14-13(18)6-11(8-23-14)16(19,20)21/h5-9H,1-4H2. The monoisotopic (exact) mass is 448 g/mol. The third-order valence-electron chi connectivity index (χ3n) is 3.97. The third-order valence-corrected chi connectivity index (χ3v) is 4.68. The highest BCUT2D eigenvalue weighted by Gasteiger charge is 2.32. The molecule has 1 saturated heterocycles. The van der Waals surface area contributed by atoms with Crippen molar-refractivity contribution in [1.82, 2.24) is 14.9 Å². The minimum absolute atomic E-state index is 0.0595. The minimum atomic E-state index is -4.49. The summed E-state index contributed by atoms with van der Waals surface area (Å²) in [6.45, 7) is 1.66. The largest absolute Gasteiger partial charge is 0.417 e. The van der Waals surface area contributed by atoms with Crippen LogP contribution in [0.4, 0.5) is 19.0 Å². The Morgan fingerprint density at radius 1 is 1.12 bits per heavy atom. The molecule has 5 nitrogen and oxygen atoms in total. The molecule has 1 aliphatic rings. The van der Waals surface area contributed by atoms with Gasteiger partial charge >= 0.3 is 6.18 Å². The van der Waals surface area contributed by atoms with E-state index in [-0.39, 0.29) is 16.7 Å². The van der Waals surface area contributed by atoms with Crippen LogP contribution in [0.15, 0.2) is 35.2 Å². The number of piperazine rings is 1. The van der Waals surface area contributed by atoms with Crippen LogP contribution in [-0.4, -0.2) is 47.0 Å². The number of anilines is 1. The van der Waals surface area contributed by atoms with Crippen molar-refractivity contribution in [3.63, 3.8) is 0 Å². The van der Waals surface area contributed by atoms with Crippen LogP contribution in [0.2, 0.25) is 5.02 Å². The number of nitrogens with zero attached hydrogens (tertiary/aromatic N) is 4. The van der Waals surface area contributed by atoms with Gasteiger partial charge in [-0.2, -0.15) is 13.2 Å². The molecule has 0 radical (unpaired) electrons. The molecule has 1 aliphatic heterocycles. The summed E-state index contributed by atoms with van der Waals surface area (Å²) < 4.78 is 38.8. The van der Waals surface area contributed by atoms with Crippen LogP contribution in [-0.2, 0) is 6.18 Å². The van der Waals surface area contributed by atoms with E-state index in [2.05, 4.69) is 25.9 Å². The van der Waals surface area contributed by atoms with Crippen LogP contribution in [0.5, 0.6) is 0 Å². The molecule has 138 valence electrons. The molecular weight excluding hydrogens is 437 g/mol. The number of amides is 1. The van der Waals surface area contributed by atoms with Crippen molar-refractivity contribution in [1.29, 1.82) is 0 Å². The number of hydrogen-bond donors (Lipinski definition) is 0. The van der Waals surface area contributed by atoms with Crippen LogP contribution < -0.4 is 4.90 Å². The second-order valence-corrected chi connectivity index (χ2v) is 7.02. The van der Waals surface area contributed by atoms with Crippen molar-refractivity contribution in [3.8, 4) is 0 Å². The molecule has 0 spiro atoms. The molecule has 1 amide bonds. The van der Waals surface area contributed by atoms with E-state index in [1.54, 1.807) is 22.1 Å². The maximum Gasteiger partial charge on any atom is 0.417 e. The molecule has 3 heterocycles. The zero-order valence-electron chi connectivity index (χ0n) is 13.3. The lowest BCUT2D eigenvalue weighted by Gasteiger charge is -2.35. The Balaban J connectivity index is 1.68. The van der Waals surface area contributed by atoms with Gasteiger partial charge < -0.3 is 9.80 Å².